The molecule has 0 unspecified atom stereocenters. The lowest BCUT2D eigenvalue weighted by molar-refractivity contribution is 0.562. The summed E-state index contributed by atoms with van der Waals surface area (Å²) in [6.45, 7) is 2.04. The normalized spacial score (nSPS) is 8.10. The lowest BCUT2D eigenvalue weighted by atomic mass is 10.0. The Labute approximate surface area is 128 Å². The number of isocyanates is 2. The van der Waals surface area contributed by atoms with E-state index in [0.717, 1.165) is 29.2 Å². The first kappa shape index (κ1) is 18.5. The van der Waals surface area contributed by atoms with E-state index in [1.807, 2.05) is 19.1 Å². The van der Waals surface area contributed by atoms with Crippen molar-refractivity contribution in [3.05, 3.63) is 70.2 Å². The van der Waals surface area contributed by atoms with E-state index in [-0.39, 0.29) is 0 Å². The Morgan fingerprint density at radius 3 is 2.00 bits per heavy atom. The van der Waals surface area contributed by atoms with Gasteiger partial charge in [0.15, 0.2) is 0 Å². The molecule has 0 amide bonds. The van der Waals surface area contributed by atoms with Gasteiger partial charge in [-0.1, -0.05) is 60.1 Å². The predicted molar refractivity (Wildman–Crippen MR) is 82.3 cm³/mol. The maximum atomic E-state index is 8.35. The molecule has 0 spiro atoms. The molecule has 2 N–H and O–H groups in total. The number of nitrogens with one attached hydrogen (secondary N) is 2. The predicted octanol–water partition coefficient (Wildman–Crippen LogP) is 4.04. The van der Waals surface area contributed by atoms with Gasteiger partial charge in [-0.2, -0.15) is 0 Å². The molecular formula is C16H15ClN2O2. The third-order valence-electron chi connectivity index (χ3n) is 2.51. The van der Waals surface area contributed by atoms with E-state index in [4.69, 9.17) is 32.0 Å². The number of halogens is 1. The van der Waals surface area contributed by atoms with Crippen LogP contribution >= 0.6 is 11.6 Å². The van der Waals surface area contributed by atoms with Gasteiger partial charge in [-0.25, -0.2) is 20.4 Å². The summed E-state index contributed by atoms with van der Waals surface area (Å²) < 4.78 is 0. The van der Waals surface area contributed by atoms with Gasteiger partial charge in [-0.05, 0) is 30.0 Å². The second-order valence-electron chi connectivity index (χ2n) is 3.91. The SMILES string of the molecule is Cc1cccc(Cc2ccccc2)c1Cl.N=C=O.N=C=O. The molecule has 0 aromatic heterocycles. The van der Waals surface area contributed by atoms with E-state index >= 15 is 0 Å². The van der Waals surface area contributed by atoms with Gasteiger partial charge in [-0.15, -0.1) is 0 Å². The second-order valence-corrected chi connectivity index (χ2v) is 4.29. The number of carbonyl (C=O) groups excluding carboxylic acids is 2. The number of aryl methyl sites for hydroxylation is 1. The fourth-order valence-electron chi connectivity index (χ4n) is 1.66. The van der Waals surface area contributed by atoms with E-state index in [1.54, 1.807) is 0 Å². The molecule has 2 rings (SSSR count). The fourth-order valence-corrected chi connectivity index (χ4v) is 1.85. The van der Waals surface area contributed by atoms with Crippen LogP contribution in [0.3, 0.4) is 0 Å². The third kappa shape index (κ3) is 7.61. The van der Waals surface area contributed by atoms with E-state index in [2.05, 4.69) is 36.4 Å². The number of rotatable bonds is 2. The van der Waals surface area contributed by atoms with Crippen LogP contribution in [0.4, 0.5) is 0 Å². The Morgan fingerprint density at radius 2 is 1.48 bits per heavy atom. The third-order valence-corrected chi connectivity index (χ3v) is 3.05. The number of hydrogen-bond donors (Lipinski definition) is 2. The summed E-state index contributed by atoms with van der Waals surface area (Å²) in [6.07, 6.45) is 2.40. The standard InChI is InChI=1S/C14H13Cl.2CHNO/c1-11-6-5-9-13(14(11)15)10-12-7-3-2-4-8-12;2*2-1-3/h2-9H,10H2,1H3;2*2H. The molecule has 108 valence electrons. The van der Waals surface area contributed by atoms with Gasteiger partial charge >= 0.3 is 0 Å². The average Bonchev–Trinajstić information content (AvgIpc) is 2.47. The summed E-state index contributed by atoms with van der Waals surface area (Å²) in [4.78, 5) is 16.7. The van der Waals surface area contributed by atoms with Crippen LogP contribution in [0.25, 0.3) is 0 Å². The topological polar surface area (TPSA) is 81.8 Å². The summed E-state index contributed by atoms with van der Waals surface area (Å²) in [7, 11) is 0. The van der Waals surface area contributed by atoms with Crippen LogP contribution in [0.1, 0.15) is 16.7 Å². The van der Waals surface area contributed by atoms with Gasteiger partial charge in [0.2, 0.25) is 12.2 Å². The van der Waals surface area contributed by atoms with Crippen molar-refractivity contribution in [3.8, 4) is 0 Å². The van der Waals surface area contributed by atoms with Gasteiger partial charge < -0.3 is 0 Å². The molecule has 0 radical (unpaired) electrons. The average molecular weight is 303 g/mol. The van der Waals surface area contributed by atoms with Crippen LogP contribution in [0, 0.1) is 17.7 Å². The highest BCUT2D eigenvalue weighted by Crippen LogP contribution is 2.22. The molecule has 4 nitrogen and oxygen atoms in total. The highest BCUT2D eigenvalue weighted by atomic mass is 35.5. The molecule has 0 aliphatic carbocycles. The van der Waals surface area contributed by atoms with Crippen molar-refractivity contribution >= 4 is 23.8 Å². The lowest BCUT2D eigenvalue weighted by Gasteiger charge is -2.06. The van der Waals surface area contributed by atoms with E-state index in [0.29, 0.717) is 0 Å². The molecule has 0 atom stereocenters. The minimum Gasteiger partial charge on any atom is -0.222 e. The molecule has 21 heavy (non-hydrogen) atoms. The van der Waals surface area contributed by atoms with E-state index in [1.165, 1.54) is 11.1 Å². The van der Waals surface area contributed by atoms with Crippen molar-refractivity contribution in [1.29, 1.82) is 10.8 Å². The summed E-state index contributed by atoms with van der Waals surface area (Å²) in [6, 6.07) is 16.6. The fraction of sp³-hybridized carbons (Fsp3) is 0.125. The van der Waals surface area contributed by atoms with Crippen molar-refractivity contribution in [1.82, 2.24) is 0 Å². The van der Waals surface area contributed by atoms with E-state index in [9.17, 15) is 0 Å². The van der Waals surface area contributed by atoms with Crippen molar-refractivity contribution < 1.29 is 9.59 Å². The zero-order chi connectivity index (χ0) is 16.1. The molecule has 0 heterocycles. The molecule has 2 aromatic rings. The highest BCUT2D eigenvalue weighted by Gasteiger charge is 2.03. The van der Waals surface area contributed by atoms with Gasteiger partial charge in [-0.3, -0.25) is 0 Å². The number of benzene rings is 2. The summed E-state index contributed by atoms with van der Waals surface area (Å²) in [5, 5.41) is 11.7. The first-order valence-corrected chi connectivity index (χ1v) is 6.34. The first-order valence-electron chi connectivity index (χ1n) is 5.96. The molecule has 5 heteroatoms. The largest absolute Gasteiger partial charge is 0.231 e. The Bertz CT molecular complexity index is 603. The Kier molecular flexibility index (Phi) is 9.97. The van der Waals surface area contributed by atoms with Gasteiger partial charge in [0.05, 0.1) is 0 Å². The van der Waals surface area contributed by atoms with Gasteiger partial charge in [0, 0.05) is 5.02 Å². The summed E-state index contributed by atoms with van der Waals surface area (Å²) >= 11 is 6.24. The molecule has 0 saturated carbocycles. The van der Waals surface area contributed by atoms with Crippen LogP contribution in [-0.2, 0) is 16.0 Å². The first-order chi connectivity index (χ1) is 10.1. The second kappa shape index (κ2) is 11.3. The van der Waals surface area contributed by atoms with Crippen molar-refractivity contribution in [2.75, 3.05) is 0 Å². The molecule has 0 saturated heterocycles. The van der Waals surface area contributed by atoms with Crippen LogP contribution in [0.15, 0.2) is 48.5 Å². The van der Waals surface area contributed by atoms with Crippen molar-refractivity contribution in [2.45, 2.75) is 13.3 Å². The maximum absolute atomic E-state index is 8.35. The van der Waals surface area contributed by atoms with Crippen LogP contribution in [-0.4, -0.2) is 12.2 Å². The Hall–Kier alpha value is -2.51. The zero-order valence-corrected chi connectivity index (χ0v) is 12.3. The van der Waals surface area contributed by atoms with Crippen LogP contribution in [0.5, 0.6) is 0 Å². The molecule has 0 fully saturated rings. The monoisotopic (exact) mass is 302 g/mol. The minimum absolute atomic E-state index is 0.750. The lowest BCUT2D eigenvalue weighted by Crippen LogP contribution is -1.90. The smallest absolute Gasteiger partial charge is 0.222 e. The quantitative estimate of drug-likeness (QED) is 0.648. The molecule has 0 aliphatic heterocycles. The van der Waals surface area contributed by atoms with Crippen molar-refractivity contribution in [3.63, 3.8) is 0 Å². The summed E-state index contributed by atoms with van der Waals surface area (Å²) in [5.41, 5.74) is 3.64. The summed E-state index contributed by atoms with van der Waals surface area (Å²) in [5.74, 6) is 0. The van der Waals surface area contributed by atoms with E-state index < -0.39 is 0 Å². The molecule has 0 bridgehead atoms. The zero-order valence-electron chi connectivity index (χ0n) is 11.5. The molecule has 0 aliphatic rings. The molecule has 2 aromatic carbocycles. The molecular weight excluding hydrogens is 288 g/mol. The number of hydrogen-bond acceptors (Lipinski definition) is 4. The maximum Gasteiger partial charge on any atom is 0.231 e. The van der Waals surface area contributed by atoms with Gasteiger partial charge in [0.1, 0.15) is 0 Å². The Balaban J connectivity index is 0.000000578. The Morgan fingerprint density at radius 1 is 0.952 bits per heavy atom. The van der Waals surface area contributed by atoms with Crippen LogP contribution < -0.4 is 0 Å². The van der Waals surface area contributed by atoms with Crippen molar-refractivity contribution in [2.24, 2.45) is 0 Å². The van der Waals surface area contributed by atoms with Crippen LogP contribution in [0.2, 0.25) is 5.02 Å². The van der Waals surface area contributed by atoms with Gasteiger partial charge in [0.25, 0.3) is 0 Å². The minimum atomic E-state index is 0.750. The highest BCUT2D eigenvalue weighted by molar-refractivity contribution is 6.32.